The third-order valence-electron chi connectivity index (χ3n) is 3.66. The largest absolute Gasteiger partial charge is 0.353 e. The molecule has 0 aromatic carbocycles. The third-order valence-corrected chi connectivity index (χ3v) is 3.66. The molecule has 3 N–H and O–H groups in total. The number of nitrogens with two attached hydrogens (primary N) is 1. The Labute approximate surface area is 103 Å². The van der Waals surface area contributed by atoms with E-state index in [9.17, 15) is 4.79 Å². The zero-order valence-electron chi connectivity index (χ0n) is 11.4. The minimum atomic E-state index is -0.599. The van der Waals surface area contributed by atoms with Gasteiger partial charge in [0.25, 0.3) is 0 Å². The van der Waals surface area contributed by atoms with E-state index < -0.39 is 11.0 Å². The van der Waals surface area contributed by atoms with Crippen LogP contribution in [-0.2, 0) is 18.4 Å². The predicted molar refractivity (Wildman–Crippen MR) is 69.3 cm³/mol. The summed E-state index contributed by atoms with van der Waals surface area (Å²) >= 11 is 0. The van der Waals surface area contributed by atoms with E-state index in [0.29, 0.717) is 6.54 Å². The molecule has 0 saturated carbocycles. The lowest BCUT2D eigenvalue weighted by Gasteiger charge is -2.36. The van der Waals surface area contributed by atoms with Crippen LogP contribution in [0.5, 0.6) is 0 Å². The van der Waals surface area contributed by atoms with Gasteiger partial charge < -0.3 is 15.6 Å². The van der Waals surface area contributed by atoms with Crippen LogP contribution in [0, 0.1) is 5.41 Å². The number of carbonyl (C=O) groups is 1. The summed E-state index contributed by atoms with van der Waals surface area (Å²) in [5.74, 6) is -0.0220. The Morgan fingerprint density at radius 2 is 2.00 bits per heavy atom. The Hall–Kier alpha value is -1.29. The summed E-state index contributed by atoms with van der Waals surface area (Å²) in [7, 11) is 1.96. The lowest BCUT2D eigenvalue weighted by molar-refractivity contribution is -0.132. The van der Waals surface area contributed by atoms with Crippen molar-refractivity contribution in [3.63, 3.8) is 0 Å². The minimum Gasteiger partial charge on any atom is -0.353 e. The molecule has 0 aliphatic carbocycles. The van der Waals surface area contributed by atoms with Crippen molar-refractivity contribution in [3.8, 4) is 0 Å². The van der Waals surface area contributed by atoms with Crippen LogP contribution < -0.4 is 11.1 Å². The Balaban J connectivity index is 2.65. The highest BCUT2D eigenvalue weighted by atomic mass is 16.2. The predicted octanol–water partition coefficient (Wildman–Crippen LogP) is 1.40. The van der Waals surface area contributed by atoms with Crippen LogP contribution >= 0.6 is 0 Å². The molecule has 0 unspecified atom stereocenters. The van der Waals surface area contributed by atoms with Gasteiger partial charge in [-0.3, -0.25) is 4.79 Å². The molecule has 0 fully saturated rings. The van der Waals surface area contributed by atoms with E-state index in [-0.39, 0.29) is 5.91 Å². The number of hydrogen-bond acceptors (Lipinski definition) is 2. The lowest BCUT2D eigenvalue weighted by atomic mass is 9.74. The highest BCUT2D eigenvalue weighted by Gasteiger charge is 2.40. The summed E-state index contributed by atoms with van der Waals surface area (Å²) in [6.45, 7) is 8.01. The fraction of sp³-hybridized carbons (Fsp3) is 0.615. The van der Waals surface area contributed by atoms with E-state index in [2.05, 4.69) is 5.32 Å². The summed E-state index contributed by atoms with van der Waals surface area (Å²) < 4.78 is 1.99. The summed E-state index contributed by atoms with van der Waals surface area (Å²) in [4.78, 5) is 12.1. The topological polar surface area (TPSA) is 60.0 Å². The summed E-state index contributed by atoms with van der Waals surface area (Å²) in [5.41, 5.74) is 5.95. The molecule has 1 rings (SSSR count). The van der Waals surface area contributed by atoms with E-state index in [1.165, 1.54) is 0 Å². The maximum absolute atomic E-state index is 12.1. The fourth-order valence-electron chi connectivity index (χ4n) is 1.36. The lowest BCUT2D eigenvalue weighted by Crippen LogP contribution is -2.55. The number of carbonyl (C=O) groups excluding carboxylic acids is 1. The van der Waals surface area contributed by atoms with Gasteiger partial charge in [0, 0.05) is 24.5 Å². The molecular formula is C13H23N3O. The zero-order chi connectivity index (χ0) is 13.3. The van der Waals surface area contributed by atoms with E-state index in [4.69, 9.17) is 5.73 Å². The molecule has 1 aromatic rings. The number of nitrogens with one attached hydrogen (secondary N) is 1. The normalized spacial score (nSPS) is 12.6. The standard InChI is InChI=1S/C13H23N3O/c1-12(2,13(3,4)14)11(17)15-9-10-7-6-8-16(10)5/h6-8H,9,14H2,1-5H3,(H,15,17). The molecular weight excluding hydrogens is 214 g/mol. The Bertz CT molecular complexity index is 399. The first-order valence-electron chi connectivity index (χ1n) is 5.83. The van der Waals surface area contributed by atoms with Gasteiger partial charge >= 0.3 is 0 Å². The van der Waals surface area contributed by atoms with Crippen LogP contribution in [0.3, 0.4) is 0 Å². The van der Waals surface area contributed by atoms with E-state index in [1.807, 2.05) is 57.6 Å². The number of rotatable bonds is 4. The molecule has 0 aliphatic rings. The Kier molecular flexibility index (Phi) is 3.67. The van der Waals surface area contributed by atoms with Crippen molar-refractivity contribution in [2.24, 2.45) is 18.2 Å². The highest BCUT2D eigenvalue weighted by Crippen LogP contribution is 2.28. The van der Waals surface area contributed by atoms with E-state index in [1.54, 1.807) is 0 Å². The second kappa shape index (κ2) is 4.53. The average Bonchev–Trinajstić information content (AvgIpc) is 2.58. The average molecular weight is 237 g/mol. The third kappa shape index (κ3) is 2.88. The highest BCUT2D eigenvalue weighted by molar-refractivity contribution is 5.83. The molecule has 0 radical (unpaired) electrons. The van der Waals surface area contributed by atoms with Crippen LogP contribution in [0.15, 0.2) is 18.3 Å². The van der Waals surface area contributed by atoms with Crippen molar-refractivity contribution >= 4 is 5.91 Å². The second-order valence-electron chi connectivity index (χ2n) is 5.64. The zero-order valence-corrected chi connectivity index (χ0v) is 11.4. The molecule has 4 nitrogen and oxygen atoms in total. The van der Waals surface area contributed by atoms with Gasteiger partial charge in [0.2, 0.25) is 5.91 Å². The molecule has 0 aliphatic heterocycles. The summed E-state index contributed by atoms with van der Waals surface area (Å²) in [6.07, 6.45) is 1.96. The van der Waals surface area contributed by atoms with Gasteiger partial charge in [-0.2, -0.15) is 0 Å². The van der Waals surface area contributed by atoms with Crippen molar-refractivity contribution in [2.75, 3.05) is 0 Å². The maximum atomic E-state index is 12.1. The maximum Gasteiger partial charge on any atom is 0.227 e. The fourth-order valence-corrected chi connectivity index (χ4v) is 1.36. The van der Waals surface area contributed by atoms with Gasteiger partial charge in [0.1, 0.15) is 0 Å². The van der Waals surface area contributed by atoms with Crippen LogP contribution in [0.25, 0.3) is 0 Å². The van der Waals surface area contributed by atoms with Crippen molar-refractivity contribution in [1.82, 2.24) is 9.88 Å². The first-order valence-corrected chi connectivity index (χ1v) is 5.83. The SMILES string of the molecule is Cn1cccc1CNC(=O)C(C)(C)C(C)(C)N. The van der Waals surface area contributed by atoms with Crippen molar-refractivity contribution in [3.05, 3.63) is 24.0 Å². The van der Waals surface area contributed by atoms with Crippen molar-refractivity contribution in [1.29, 1.82) is 0 Å². The first kappa shape index (κ1) is 13.8. The molecule has 4 heteroatoms. The number of aromatic nitrogens is 1. The molecule has 0 saturated heterocycles. The van der Waals surface area contributed by atoms with Crippen molar-refractivity contribution in [2.45, 2.75) is 39.8 Å². The summed E-state index contributed by atoms with van der Waals surface area (Å²) in [5, 5.41) is 2.93. The molecule has 1 aromatic heterocycles. The van der Waals surface area contributed by atoms with Crippen LogP contribution in [0.1, 0.15) is 33.4 Å². The van der Waals surface area contributed by atoms with Gasteiger partial charge in [-0.05, 0) is 39.8 Å². The molecule has 96 valence electrons. The molecule has 0 atom stereocenters. The quantitative estimate of drug-likeness (QED) is 0.831. The van der Waals surface area contributed by atoms with Gasteiger partial charge in [0.15, 0.2) is 0 Å². The second-order valence-corrected chi connectivity index (χ2v) is 5.64. The Morgan fingerprint density at radius 3 is 2.41 bits per heavy atom. The van der Waals surface area contributed by atoms with Gasteiger partial charge in [-0.25, -0.2) is 0 Å². The van der Waals surface area contributed by atoms with Gasteiger partial charge in [-0.1, -0.05) is 0 Å². The number of aryl methyl sites for hydroxylation is 1. The Morgan fingerprint density at radius 1 is 1.41 bits per heavy atom. The minimum absolute atomic E-state index is 0.0220. The summed E-state index contributed by atoms with van der Waals surface area (Å²) in [6, 6.07) is 3.94. The van der Waals surface area contributed by atoms with E-state index >= 15 is 0 Å². The van der Waals surface area contributed by atoms with Crippen molar-refractivity contribution < 1.29 is 4.79 Å². The first-order chi connectivity index (χ1) is 7.66. The number of amides is 1. The van der Waals surface area contributed by atoms with Crippen LogP contribution in [-0.4, -0.2) is 16.0 Å². The van der Waals surface area contributed by atoms with Crippen LogP contribution in [0.4, 0.5) is 0 Å². The van der Waals surface area contributed by atoms with Gasteiger partial charge in [0.05, 0.1) is 12.0 Å². The molecule has 17 heavy (non-hydrogen) atoms. The molecule has 0 bridgehead atoms. The molecule has 0 spiro atoms. The molecule has 1 heterocycles. The smallest absolute Gasteiger partial charge is 0.227 e. The molecule has 1 amide bonds. The van der Waals surface area contributed by atoms with Crippen LogP contribution in [0.2, 0.25) is 0 Å². The number of hydrogen-bond donors (Lipinski definition) is 2. The van der Waals surface area contributed by atoms with E-state index in [0.717, 1.165) is 5.69 Å². The van der Waals surface area contributed by atoms with Gasteiger partial charge in [-0.15, -0.1) is 0 Å². The monoisotopic (exact) mass is 237 g/mol. The number of nitrogens with zero attached hydrogens (tertiary/aromatic N) is 1.